The Kier molecular flexibility index (Phi) is 4.98. The molecule has 0 radical (unpaired) electrons. The van der Waals surface area contributed by atoms with Crippen molar-refractivity contribution in [2.24, 2.45) is 34.5 Å². The van der Waals surface area contributed by atoms with Crippen LogP contribution in [0.3, 0.4) is 0 Å². The highest BCUT2D eigenvalue weighted by molar-refractivity contribution is 6.10. The molecule has 0 aromatic heterocycles. The van der Waals surface area contributed by atoms with E-state index in [1.54, 1.807) is 0 Å². The molecule has 4 rings (SSSR count). The Morgan fingerprint density at radius 1 is 1.10 bits per heavy atom. The summed E-state index contributed by atoms with van der Waals surface area (Å²) in [6.45, 7) is 5.57. The van der Waals surface area contributed by atoms with Crippen molar-refractivity contribution in [3.05, 3.63) is 11.6 Å². The number of esters is 1. The lowest BCUT2D eigenvalue weighted by Gasteiger charge is -2.58. The van der Waals surface area contributed by atoms with Crippen molar-refractivity contribution in [2.45, 2.75) is 78.0 Å². The molecule has 0 spiro atoms. The maximum absolute atomic E-state index is 13.1. The van der Waals surface area contributed by atoms with E-state index in [0.29, 0.717) is 18.3 Å². The summed E-state index contributed by atoms with van der Waals surface area (Å²) in [4.78, 5) is 35.9. The van der Waals surface area contributed by atoms with Crippen molar-refractivity contribution < 1.29 is 32.3 Å². The summed E-state index contributed by atoms with van der Waals surface area (Å²) in [5.41, 5.74) is 0.234. The Balaban J connectivity index is 1.63. The maximum atomic E-state index is 13.1. The third kappa shape index (κ3) is 3.14. The minimum atomic E-state index is -5.00. The first kappa shape index (κ1) is 21.6. The maximum Gasteiger partial charge on any atom is 0.450 e. The number of ketones is 2. The highest BCUT2D eigenvalue weighted by Gasteiger charge is 2.61. The van der Waals surface area contributed by atoms with E-state index in [2.05, 4.69) is 6.92 Å². The first-order valence-electron chi connectivity index (χ1n) is 10.9. The molecule has 0 aromatic rings. The third-order valence-corrected chi connectivity index (χ3v) is 8.84. The molecule has 30 heavy (non-hydrogen) atoms. The van der Waals surface area contributed by atoms with Gasteiger partial charge >= 0.3 is 12.1 Å². The molecule has 0 heterocycles. The van der Waals surface area contributed by atoms with Gasteiger partial charge in [-0.05, 0) is 74.2 Å². The van der Waals surface area contributed by atoms with Gasteiger partial charge in [-0.2, -0.15) is 13.2 Å². The highest BCUT2D eigenvalue weighted by Crippen LogP contribution is 2.66. The monoisotopic (exact) mass is 426 g/mol. The van der Waals surface area contributed by atoms with Gasteiger partial charge in [-0.1, -0.05) is 19.4 Å². The zero-order valence-corrected chi connectivity index (χ0v) is 17.7. The largest absolute Gasteiger partial charge is 0.462 e. The topological polar surface area (TPSA) is 60.4 Å². The number of alkyl halides is 3. The first-order valence-corrected chi connectivity index (χ1v) is 10.9. The van der Waals surface area contributed by atoms with Crippen molar-refractivity contribution in [1.82, 2.24) is 0 Å². The van der Waals surface area contributed by atoms with Crippen LogP contribution in [0.4, 0.5) is 13.2 Å². The molecule has 166 valence electrons. The minimum Gasteiger partial charge on any atom is -0.462 e. The molecule has 0 bridgehead atoms. The van der Waals surface area contributed by atoms with E-state index in [1.807, 2.05) is 6.92 Å². The quantitative estimate of drug-likeness (QED) is 0.470. The summed E-state index contributed by atoms with van der Waals surface area (Å²) in [5, 5.41) is 0. The molecule has 4 nitrogen and oxygen atoms in total. The SMILES string of the molecule is CC(=O)OC1CCC2C3CCC4=CC(=O)C(C(=O)C(F)(F)F)CC4(C)C3CCC12C. The Morgan fingerprint density at radius 2 is 1.80 bits per heavy atom. The molecule has 0 N–H and O–H groups in total. The number of hydrogen-bond donors (Lipinski definition) is 0. The van der Waals surface area contributed by atoms with Crippen LogP contribution in [-0.2, 0) is 19.1 Å². The number of rotatable bonds is 2. The predicted molar refractivity (Wildman–Crippen MR) is 102 cm³/mol. The number of ether oxygens (including phenoxy) is 1. The van der Waals surface area contributed by atoms with E-state index < -0.39 is 29.1 Å². The number of carbonyl (C=O) groups excluding carboxylic acids is 3. The van der Waals surface area contributed by atoms with Crippen LogP contribution in [0.25, 0.3) is 0 Å². The molecule has 3 saturated carbocycles. The fourth-order valence-electron chi connectivity index (χ4n) is 7.41. The van der Waals surface area contributed by atoms with Crippen LogP contribution < -0.4 is 0 Å². The normalized spacial score (nSPS) is 43.2. The van der Waals surface area contributed by atoms with Gasteiger partial charge in [0.2, 0.25) is 5.78 Å². The molecule has 4 aliphatic carbocycles. The number of allylic oxidation sites excluding steroid dienone is 1. The number of carbonyl (C=O) groups is 3. The zero-order valence-electron chi connectivity index (χ0n) is 17.7. The van der Waals surface area contributed by atoms with Crippen LogP contribution in [0.2, 0.25) is 0 Å². The smallest absolute Gasteiger partial charge is 0.450 e. The van der Waals surface area contributed by atoms with E-state index in [9.17, 15) is 27.6 Å². The molecular formula is C23H29F3O4. The molecule has 7 heteroatoms. The van der Waals surface area contributed by atoms with Gasteiger partial charge in [0.15, 0.2) is 5.78 Å². The predicted octanol–water partition coefficient (Wildman–Crippen LogP) is 4.81. The summed E-state index contributed by atoms with van der Waals surface area (Å²) in [6.07, 6.45) is 1.17. The second-order valence-electron chi connectivity index (χ2n) is 10.2. The van der Waals surface area contributed by atoms with Crippen LogP contribution in [0, 0.1) is 34.5 Å². The molecular weight excluding hydrogens is 397 g/mol. The molecule has 0 aliphatic heterocycles. The summed E-state index contributed by atoms with van der Waals surface area (Å²) in [5.74, 6) is -3.72. The second-order valence-corrected chi connectivity index (χ2v) is 10.2. The third-order valence-electron chi connectivity index (χ3n) is 8.84. The molecule has 7 atom stereocenters. The Bertz CT molecular complexity index is 816. The van der Waals surface area contributed by atoms with Crippen molar-refractivity contribution in [1.29, 1.82) is 0 Å². The van der Waals surface area contributed by atoms with E-state index in [1.165, 1.54) is 13.0 Å². The average molecular weight is 426 g/mol. The second kappa shape index (κ2) is 6.92. The van der Waals surface area contributed by atoms with Gasteiger partial charge in [0, 0.05) is 12.3 Å². The number of hydrogen-bond acceptors (Lipinski definition) is 4. The first-order chi connectivity index (χ1) is 13.9. The van der Waals surface area contributed by atoms with E-state index >= 15 is 0 Å². The summed E-state index contributed by atoms with van der Waals surface area (Å²) in [6, 6.07) is 0. The lowest BCUT2D eigenvalue weighted by molar-refractivity contribution is -0.178. The average Bonchev–Trinajstić information content (AvgIpc) is 2.96. The van der Waals surface area contributed by atoms with Gasteiger partial charge in [0.25, 0.3) is 0 Å². The lowest BCUT2D eigenvalue weighted by atomic mass is 9.46. The van der Waals surface area contributed by atoms with Crippen LogP contribution in [0.5, 0.6) is 0 Å². The van der Waals surface area contributed by atoms with Crippen LogP contribution >= 0.6 is 0 Å². The van der Waals surface area contributed by atoms with E-state index in [0.717, 1.165) is 37.7 Å². The van der Waals surface area contributed by atoms with Crippen molar-refractivity contribution in [3.63, 3.8) is 0 Å². The van der Waals surface area contributed by atoms with E-state index in [-0.39, 0.29) is 29.8 Å². The molecule has 0 aromatic carbocycles. The highest BCUT2D eigenvalue weighted by atomic mass is 19.4. The van der Waals surface area contributed by atoms with Crippen molar-refractivity contribution in [2.75, 3.05) is 0 Å². The molecule has 0 saturated heterocycles. The Morgan fingerprint density at radius 3 is 2.43 bits per heavy atom. The van der Waals surface area contributed by atoms with Crippen LogP contribution in [0.1, 0.15) is 65.7 Å². The fraction of sp³-hybridized carbons (Fsp3) is 0.783. The van der Waals surface area contributed by atoms with Crippen LogP contribution in [-0.4, -0.2) is 29.8 Å². The summed E-state index contributed by atoms with van der Waals surface area (Å²) in [7, 11) is 0. The lowest BCUT2D eigenvalue weighted by Crippen LogP contribution is -2.53. The Labute approximate surface area is 174 Å². The van der Waals surface area contributed by atoms with Gasteiger partial charge in [-0.15, -0.1) is 0 Å². The molecule has 7 unspecified atom stereocenters. The van der Waals surface area contributed by atoms with Crippen molar-refractivity contribution in [3.8, 4) is 0 Å². The molecule has 3 fully saturated rings. The van der Waals surface area contributed by atoms with Gasteiger partial charge in [0.1, 0.15) is 6.10 Å². The standard InChI is InChI=1S/C23H29F3O4/c1-12(27)30-19-7-6-16-14-5-4-13-10-18(28)15(20(29)23(24,25)26)11-22(13,3)17(14)8-9-21(16,19)2/h10,14-17,19H,4-9,11H2,1-3H3. The number of fused-ring (bicyclic) bond motifs is 5. The van der Waals surface area contributed by atoms with Gasteiger partial charge in [-0.25, -0.2) is 0 Å². The Hall–Kier alpha value is -1.66. The molecule has 0 amide bonds. The van der Waals surface area contributed by atoms with Crippen LogP contribution in [0.15, 0.2) is 11.6 Å². The van der Waals surface area contributed by atoms with Gasteiger partial charge in [0.05, 0.1) is 5.92 Å². The molecule has 4 aliphatic rings. The number of halogens is 3. The fourth-order valence-corrected chi connectivity index (χ4v) is 7.41. The zero-order chi connectivity index (χ0) is 22.1. The minimum absolute atomic E-state index is 0.0476. The van der Waals surface area contributed by atoms with Crippen molar-refractivity contribution >= 4 is 17.5 Å². The van der Waals surface area contributed by atoms with Gasteiger partial charge in [-0.3, -0.25) is 14.4 Å². The summed E-state index contributed by atoms with van der Waals surface area (Å²) < 4.78 is 44.9. The number of Topliss-reactive ketones (excluding diaryl/α,β-unsaturated/α-hetero) is 1. The van der Waals surface area contributed by atoms with Gasteiger partial charge < -0.3 is 4.74 Å². The van der Waals surface area contributed by atoms with E-state index in [4.69, 9.17) is 4.74 Å². The summed E-state index contributed by atoms with van der Waals surface area (Å²) >= 11 is 0.